The Labute approximate surface area is 765 Å². The molecule has 11 aromatic rings. The van der Waals surface area contributed by atoms with Crippen LogP contribution in [0.3, 0.4) is 0 Å². The number of hydrogen-bond acceptors (Lipinski definition) is 15. The highest BCUT2D eigenvalue weighted by molar-refractivity contribution is 7.17. The van der Waals surface area contributed by atoms with Crippen molar-refractivity contribution in [2.24, 2.45) is 49.4 Å². The van der Waals surface area contributed by atoms with Gasteiger partial charge in [-0.3, -0.25) is 43.7 Å². The molecule has 3 saturated heterocycles. The molecule has 18 N–H and O–H groups in total. The number of nitrogens with two attached hydrogens (primary N) is 6. The van der Waals surface area contributed by atoms with E-state index in [1.807, 2.05) is 215 Å². The number of aromatic nitrogens is 2. The number of para-hydroxylation sites is 1. The Morgan fingerprint density at radius 2 is 0.831 bits per heavy atom. The van der Waals surface area contributed by atoms with Crippen LogP contribution in [0.4, 0.5) is 0 Å². The first-order valence-electron chi connectivity index (χ1n) is 44.6. The lowest BCUT2D eigenvalue weighted by Gasteiger charge is -2.29. The van der Waals surface area contributed by atoms with Crippen molar-refractivity contribution in [3.8, 4) is 11.4 Å². The number of methoxy groups -OCH3 is 1. The van der Waals surface area contributed by atoms with Gasteiger partial charge in [0.25, 0.3) is 11.8 Å². The van der Waals surface area contributed by atoms with E-state index in [2.05, 4.69) is 125 Å². The van der Waals surface area contributed by atoms with E-state index in [9.17, 15) is 28.8 Å². The lowest BCUT2D eigenvalue weighted by atomic mass is 9.90. The van der Waals surface area contributed by atoms with Gasteiger partial charge >= 0.3 is 0 Å². The van der Waals surface area contributed by atoms with E-state index >= 15 is 0 Å². The number of carbonyl (C=O) groups excluding carboxylic acids is 6. The van der Waals surface area contributed by atoms with E-state index in [0.717, 1.165) is 61.5 Å². The molecule has 0 radical (unpaired) electrons. The number of ether oxygens (including phenoxy) is 1. The van der Waals surface area contributed by atoms with Crippen molar-refractivity contribution >= 4 is 80.8 Å². The van der Waals surface area contributed by atoms with Crippen molar-refractivity contribution in [2.45, 2.75) is 119 Å². The van der Waals surface area contributed by atoms with Crippen LogP contribution in [0.1, 0.15) is 141 Å². The van der Waals surface area contributed by atoms with Crippen molar-refractivity contribution < 1.29 is 33.5 Å². The van der Waals surface area contributed by atoms with Gasteiger partial charge in [0, 0.05) is 131 Å². The predicted molar refractivity (Wildman–Crippen MR) is 519 cm³/mol. The van der Waals surface area contributed by atoms with Crippen LogP contribution < -0.4 is 71.0 Å². The summed E-state index contributed by atoms with van der Waals surface area (Å²) in [6.45, 7) is 7.84. The second-order valence-corrected chi connectivity index (χ2v) is 33.7. The zero-order valence-electron chi connectivity index (χ0n) is 74.0. The number of thiophene rings is 1. The van der Waals surface area contributed by atoms with Gasteiger partial charge in [-0.15, -0.1) is 11.3 Å². The van der Waals surface area contributed by atoms with Crippen LogP contribution in [0, 0.1) is 6.92 Å². The molecule has 130 heavy (non-hydrogen) atoms. The Hall–Kier alpha value is -13.8. The number of benzene rings is 9. The molecule has 0 bridgehead atoms. The third-order valence-electron chi connectivity index (χ3n) is 23.7. The minimum atomic E-state index is -0.432. The molecule has 0 unspecified atom stereocenters. The van der Waals surface area contributed by atoms with Gasteiger partial charge in [0.1, 0.15) is 5.75 Å². The topological polar surface area (TPSA) is 405 Å². The van der Waals surface area contributed by atoms with Gasteiger partial charge in [-0.25, -0.2) is 4.68 Å². The van der Waals surface area contributed by atoms with Crippen molar-refractivity contribution in [3.63, 3.8) is 0 Å². The standard InChI is InChI=1S/C35H42N8O2.C34H42N6O3.C33H38N6O2S/c1-25-30(23-40-43(25)29-16-9-4-10-17-29)33(44)39-22-28-19-21-42(34(45)32(41-28)18-11-20-38-35(36)37)24-31(26-12-5-2-6-13-26)27-14-7-3-8-15-27;1-43-29-17-14-25(15-18-29)16-19-32(41)38-23-28-20-22-40(33(42)31(39-28)13-8-21-37-34(35)36)24-30(26-9-4-2-5-10-26)27-11-6-3-7-12-27;34-33(35)36-17-7-12-29-32(41)39(22-28(23-8-3-1-4-9-23)24-10-5-2-6-11-24)18-15-27(38-29)21-37-31(40)26-13-14-30-25(20-26)16-19-42-30/h2-10,12-17,23,28,31-32,41H,11,18-22,24H2,1H3,(H,39,44)(H4,36,37,38);2-7,9-12,14-19,28,30-31,39H,8,13,20-24H2,1H3,(H,38,41)(H4,35,36,37);1-6,8-11,13-14,16,19-20,27-29,38H,7,12,15,17-18,21-22H2,(H,37,40)(H4,34,35,36)/b;19-16+;/t28-,32-;28-,31-;27-,29-/m000/s1. The molecule has 28 heteroatoms. The third kappa shape index (κ3) is 28.6. The molecule has 5 heterocycles. The summed E-state index contributed by atoms with van der Waals surface area (Å²) in [6, 6.07) is 85.4. The van der Waals surface area contributed by atoms with Gasteiger partial charge in [0.05, 0.1) is 48.4 Å². The number of aliphatic imine (C=N–C) groups is 3. The summed E-state index contributed by atoms with van der Waals surface area (Å²) in [5, 5.41) is 27.3. The molecule has 6 atom stereocenters. The first-order valence-corrected chi connectivity index (χ1v) is 45.5. The van der Waals surface area contributed by atoms with Crippen molar-refractivity contribution in [1.82, 2.24) is 56.4 Å². The Morgan fingerprint density at radius 1 is 0.469 bits per heavy atom. The average Bonchev–Trinajstić information content (AvgIpc) is 1.62. The maximum absolute atomic E-state index is 14.0. The number of hydrogen-bond donors (Lipinski definition) is 12. The summed E-state index contributed by atoms with van der Waals surface area (Å²) in [7, 11) is 1.62. The monoisotopic (exact) mass is 1770 g/mol. The van der Waals surface area contributed by atoms with Crippen LogP contribution in [-0.4, -0.2) is 200 Å². The highest BCUT2D eigenvalue weighted by atomic mass is 32.1. The fourth-order valence-corrected chi connectivity index (χ4v) is 17.5. The number of nitrogens with one attached hydrogen (secondary N) is 6. The Balaban J connectivity index is 0.000000177. The number of rotatable bonds is 36. The summed E-state index contributed by atoms with van der Waals surface area (Å²) in [5.41, 5.74) is 43.8. The second-order valence-electron chi connectivity index (χ2n) is 32.8. The molecule has 0 saturated carbocycles. The first kappa shape index (κ1) is 95.3. The van der Waals surface area contributed by atoms with E-state index in [1.54, 1.807) is 35.4 Å². The quantitative estimate of drug-likeness (QED) is 0.00751. The van der Waals surface area contributed by atoms with Gasteiger partial charge < -0.3 is 85.7 Å². The Morgan fingerprint density at radius 3 is 1.20 bits per heavy atom. The van der Waals surface area contributed by atoms with Crippen LogP contribution >= 0.6 is 11.3 Å². The maximum atomic E-state index is 14.0. The molecule has 3 aliphatic heterocycles. The number of fused-ring (bicyclic) bond motifs is 1. The number of amides is 6. The highest BCUT2D eigenvalue weighted by Gasteiger charge is 2.37. The SMILES string of the molecule is COc1ccc(/C=C/C(=O)NC[C@@H]2CCN(CC(c3ccccc3)c3ccccc3)C(=O)[C@H](CCCN=C(N)N)N2)cc1.Cc1c(C(=O)NC[C@@H]2CCN(CC(c3ccccc3)c3ccccc3)C(=O)[C@H](CCCN=C(N)N)N2)cnn1-c1ccccc1.NC(N)=NCCC[C@@H]1N[C@H](CNC(=O)c2ccc3sccc3c2)CCN(CC(c2ccccc2)c2ccccc2)C1=O. The molecular weight excluding hydrogens is 1650 g/mol. The summed E-state index contributed by atoms with van der Waals surface area (Å²) in [4.78, 5) is 99.1. The van der Waals surface area contributed by atoms with Gasteiger partial charge in [-0.05, 0) is 169 Å². The zero-order valence-corrected chi connectivity index (χ0v) is 74.8. The molecule has 9 aromatic carbocycles. The predicted octanol–water partition coefficient (Wildman–Crippen LogP) is 10.7. The Bertz CT molecular complexity index is 5390. The molecule has 0 spiro atoms. The van der Waals surface area contributed by atoms with Gasteiger partial charge in [0.2, 0.25) is 23.6 Å². The maximum Gasteiger partial charge on any atom is 0.254 e. The van der Waals surface area contributed by atoms with E-state index in [1.165, 1.54) is 17.2 Å². The van der Waals surface area contributed by atoms with Crippen molar-refractivity contribution in [1.29, 1.82) is 0 Å². The Kier molecular flexibility index (Phi) is 36.3. The molecule has 0 aliphatic carbocycles. The van der Waals surface area contributed by atoms with Crippen molar-refractivity contribution in [3.05, 3.63) is 334 Å². The largest absolute Gasteiger partial charge is 0.497 e. The van der Waals surface area contributed by atoms with Crippen LogP contribution in [0.15, 0.2) is 293 Å². The van der Waals surface area contributed by atoms with Crippen LogP contribution in [0.2, 0.25) is 0 Å². The van der Waals surface area contributed by atoms with E-state index in [-0.39, 0.29) is 89.2 Å². The molecule has 27 nitrogen and oxygen atoms in total. The number of carbonyl (C=O) groups is 6. The minimum absolute atomic E-state index is 0.0269. The number of nitrogens with zero attached hydrogens (tertiary/aromatic N) is 8. The van der Waals surface area contributed by atoms with Gasteiger partial charge in [0.15, 0.2) is 17.9 Å². The fraction of sp³-hybridized carbons (Fsp3) is 0.314. The van der Waals surface area contributed by atoms with Crippen molar-refractivity contribution in [2.75, 3.05) is 85.6 Å². The number of guanidine groups is 3. The van der Waals surface area contributed by atoms with Crippen LogP contribution in [0.25, 0.3) is 21.8 Å². The van der Waals surface area contributed by atoms with E-state index in [4.69, 9.17) is 39.1 Å². The molecular formula is C102H122N20O7S. The molecule has 2 aromatic heterocycles. The average molecular weight is 1770 g/mol. The molecule has 3 fully saturated rings. The zero-order chi connectivity index (χ0) is 91.4. The highest BCUT2D eigenvalue weighted by Crippen LogP contribution is 2.32. The van der Waals surface area contributed by atoms with E-state index < -0.39 is 18.1 Å². The van der Waals surface area contributed by atoms with Gasteiger partial charge in [-0.2, -0.15) is 5.10 Å². The normalized spacial score (nSPS) is 17.0. The summed E-state index contributed by atoms with van der Waals surface area (Å²) in [6.07, 6.45) is 10.7. The molecule has 6 amide bonds. The molecule has 14 rings (SSSR count). The molecule has 678 valence electrons. The summed E-state index contributed by atoms with van der Waals surface area (Å²) >= 11 is 1.66. The van der Waals surface area contributed by atoms with Crippen LogP contribution in [-0.2, 0) is 19.2 Å². The van der Waals surface area contributed by atoms with Crippen LogP contribution in [0.5, 0.6) is 5.75 Å². The molecule has 3 aliphatic rings. The fourth-order valence-electron chi connectivity index (χ4n) is 16.8. The lowest BCUT2D eigenvalue weighted by molar-refractivity contribution is -0.133. The summed E-state index contributed by atoms with van der Waals surface area (Å²) < 4.78 is 8.10. The minimum Gasteiger partial charge on any atom is -0.497 e. The smallest absolute Gasteiger partial charge is 0.254 e. The lowest BCUT2D eigenvalue weighted by Crippen LogP contribution is -2.49. The summed E-state index contributed by atoms with van der Waals surface area (Å²) in [5.74, 6) is 0.652. The first-order chi connectivity index (χ1) is 63.3. The second kappa shape index (κ2) is 49.5. The van der Waals surface area contributed by atoms with Gasteiger partial charge in [-0.1, -0.05) is 212 Å². The van der Waals surface area contributed by atoms with E-state index in [0.29, 0.717) is 141 Å². The third-order valence-corrected chi connectivity index (χ3v) is 24.6.